The topological polar surface area (TPSA) is 67.8 Å². The second-order valence-corrected chi connectivity index (χ2v) is 5.96. The Kier molecular flexibility index (Phi) is 6.03. The molecule has 118 valence electrons. The summed E-state index contributed by atoms with van der Waals surface area (Å²) in [6.45, 7) is 6.27. The van der Waals surface area contributed by atoms with Crippen LogP contribution < -0.4 is 14.8 Å². The Morgan fingerprint density at radius 1 is 1.24 bits per heavy atom. The first-order chi connectivity index (χ1) is 9.81. The highest BCUT2D eigenvalue weighted by molar-refractivity contribution is 5.99. The van der Waals surface area contributed by atoms with Crippen LogP contribution in [0.25, 0.3) is 0 Å². The van der Waals surface area contributed by atoms with Gasteiger partial charge in [0.1, 0.15) is 17.1 Å². The Morgan fingerprint density at radius 2 is 1.76 bits per heavy atom. The molecule has 21 heavy (non-hydrogen) atoms. The van der Waals surface area contributed by atoms with Crippen molar-refractivity contribution in [1.29, 1.82) is 0 Å². The van der Waals surface area contributed by atoms with Gasteiger partial charge in [0.15, 0.2) is 0 Å². The number of nitrogens with one attached hydrogen (secondary N) is 1. The van der Waals surface area contributed by atoms with Crippen molar-refractivity contribution in [3.8, 4) is 11.5 Å². The predicted octanol–water partition coefficient (Wildman–Crippen LogP) is 2.23. The lowest BCUT2D eigenvalue weighted by Crippen LogP contribution is -2.32. The van der Waals surface area contributed by atoms with Gasteiger partial charge in [-0.1, -0.05) is 26.8 Å². The summed E-state index contributed by atoms with van der Waals surface area (Å²) in [5.41, 5.74) is 0.167. The number of ether oxygens (including phenoxy) is 2. The SMILES string of the molecule is COc1cccc(OC)c1C(=O)NCCC(O)C(C)(C)C. The molecule has 0 aromatic heterocycles. The van der Waals surface area contributed by atoms with Gasteiger partial charge >= 0.3 is 0 Å². The predicted molar refractivity (Wildman–Crippen MR) is 82.0 cm³/mol. The molecule has 5 heteroatoms. The number of hydrogen-bond donors (Lipinski definition) is 2. The third-order valence-corrected chi connectivity index (χ3v) is 3.36. The zero-order valence-electron chi connectivity index (χ0n) is 13.4. The van der Waals surface area contributed by atoms with Crippen LogP contribution >= 0.6 is 0 Å². The summed E-state index contributed by atoms with van der Waals surface area (Å²) >= 11 is 0. The summed E-state index contributed by atoms with van der Waals surface area (Å²) < 4.78 is 10.4. The first-order valence-electron chi connectivity index (χ1n) is 6.98. The van der Waals surface area contributed by atoms with E-state index in [1.165, 1.54) is 14.2 Å². The zero-order chi connectivity index (χ0) is 16.0. The van der Waals surface area contributed by atoms with Crippen LogP contribution in [-0.2, 0) is 0 Å². The average Bonchev–Trinajstić information content (AvgIpc) is 2.44. The second kappa shape index (κ2) is 7.31. The first kappa shape index (κ1) is 17.3. The number of rotatable bonds is 6. The van der Waals surface area contributed by atoms with Crippen LogP contribution in [0.4, 0.5) is 0 Å². The molecule has 0 spiro atoms. The van der Waals surface area contributed by atoms with Crippen LogP contribution in [0.5, 0.6) is 11.5 Å². The molecule has 1 unspecified atom stereocenters. The number of benzene rings is 1. The molecule has 0 aliphatic heterocycles. The van der Waals surface area contributed by atoms with Gasteiger partial charge in [0.25, 0.3) is 5.91 Å². The van der Waals surface area contributed by atoms with Crippen LogP contribution in [0.15, 0.2) is 18.2 Å². The van der Waals surface area contributed by atoms with Gasteiger partial charge < -0.3 is 19.9 Å². The third kappa shape index (κ3) is 4.63. The normalized spacial score (nSPS) is 12.7. The average molecular weight is 295 g/mol. The van der Waals surface area contributed by atoms with Gasteiger partial charge in [-0.05, 0) is 24.0 Å². The maximum Gasteiger partial charge on any atom is 0.258 e. The molecule has 0 radical (unpaired) electrons. The highest BCUT2D eigenvalue weighted by Crippen LogP contribution is 2.28. The Labute approximate surface area is 126 Å². The Balaban J connectivity index is 2.72. The van der Waals surface area contributed by atoms with E-state index in [1.807, 2.05) is 20.8 Å². The van der Waals surface area contributed by atoms with E-state index in [0.29, 0.717) is 30.0 Å². The summed E-state index contributed by atoms with van der Waals surface area (Å²) in [6, 6.07) is 5.18. The quantitative estimate of drug-likeness (QED) is 0.844. The molecule has 5 nitrogen and oxygen atoms in total. The number of aliphatic hydroxyl groups is 1. The monoisotopic (exact) mass is 295 g/mol. The minimum absolute atomic E-state index is 0.202. The van der Waals surface area contributed by atoms with Crippen molar-refractivity contribution in [1.82, 2.24) is 5.32 Å². The Bertz CT molecular complexity index is 457. The van der Waals surface area contributed by atoms with Crippen molar-refractivity contribution >= 4 is 5.91 Å². The molecule has 0 aliphatic rings. The molecule has 0 aliphatic carbocycles. The van der Waals surface area contributed by atoms with Crippen LogP contribution in [0.2, 0.25) is 0 Å². The van der Waals surface area contributed by atoms with Crippen molar-refractivity contribution < 1.29 is 19.4 Å². The molecule has 1 amide bonds. The summed E-state index contributed by atoms with van der Waals surface area (Å²) in [6.07, 6.45) is 0.0181. The van der Waals surface area contributed by atoms with Crippen molar-refractivity contribution in [2.45, 2.75) is 33.3 Å². The van der Waals surface area contributed by atoms with Crippen LogP contribution in [0.3, 0.4) is 0 Å². The van der Waals surface area contributed by atoms with E-state index < -0.39 is 6.10 Å². The fraction of sp³-hybridized carbons (Fsp3) is 0.562. The van der Waals surface area contributed by atoms with E-state index in [0.717, 1.165) is 0 Å². The molecule has 1 atom stereocenters. The van der Waals surface area contributed by atoms with Gasteiger partial charge in [0.2, 0.25) is 0 Å². The maximum atomic E-state index is 12.3. The minimum Gasteiger partial charge on any atom is -0.496 e. The molecule has 0 heterocycles. The van der Waals surface area contributed by atoms with E-state index >= 15 is 0 Å². The number of methoxy groups -OCH3 is 2. The van der Waals surface area contributed by atoms with Crippen LogP contribution in [0, 0.1) is 5.41 Å². The minimum atomic E-state index is -0.475. The van der Waals surface area contributed by atoms with Gasteiger partial charge in [-0.3, -0.25) is 4.79 Å². The second-order valence-electron chi connectivity index (χ2n) is 5.96. The molecule has 1 aromatic carbocycles. The third-order valence-electron chi connectivity index (χ3n) is 3.36. The number of amides is 1. The molecule has 2 N–H and O–H groups in total. The fourth-order valence-electron chi connectivity index (χ4n) is 1.92. The van der Waals surface area contributed by atoms with Gasteiger partial charge in [0, 0.05) is 6.54 Å². The van der Waals surface area contributed by atoms with Gasteiger partial charge in [-0.25, -0.2) is 0 Å². The molecule has 0 bridgehead atoms. The van der Waals surface area contributed by atoms with Crippen LogP contribution in [-0.4, -0.2) is 37.9 Å². The molecule has 1 aromatic rings. The molecular weight excluding hydrogens is 270 g/mol. The largest absolute Gasteiger partial charge is 0.496 e. The van der Waals surface area contributed by atoms with Crippen LogP contribution in [0.1, 0.15) is 37.6 Å². The van der Waals surface area contributed by atoms with Gasteiger partial charge in [0.05, 0.1) is 20.3 Å². The lowest BCUT2D eigenvalue weighted by Gasteiger charge is -2.25. The lowest BCUT2D eigenvalue weighted by molar-refractivity contribution is 0.0550. The van der Waals surface area contributed by atoms with E-state index in [2.05, 4.69) is 5.32 Å². The maximum absolute atomic E-state index is 12.3. The molecular formula is C16H25NO4. The number of carbonyl (C=O) groups is 1. The smallest absolute Gasteiger partial charge is 0.258 e. The number of carbonyl (C=O) groups excluding carboxylic acids is 1. The van der Waals surface area contributed by atoms with E-state index in [1.54, 1.807) is 18.2 Å². The Hall–Kier alpha value is -1.75. The van der Waals surface area contributed by atoms with E-state index in [-0.39, 0.29) is 11.3 Å². The highest BCUT2D eigenvalue weighted by Gasteiger charge is 2.23. The number of hydrogen-bond acceptors (Lipinski definition) is 4. The lowest BCUT2D eigenvalue weighted by atomic mass is 9.87. The van der Waals surface area contributed by atoms with Gasteiger partial charge in [-0.15, -0.1) is 0 Å². The van der Waals surface area contributed by atoms with E-state index in [4.69, 9.17) is 9.47 Å². The summed E-state index contributed by atoms with van der Waals surface area (Å²) in [7, 11) is 3.02. The summed E-state index contributed by atoms with van der Waals surface area (Å²) in [4.78, 5) is 12.3. The summed E-state index contributed by atoms with van der Waals surface area (Å²) in [5, 5.41) is 12.8. The zero-order valence-corrected chi connectivity index (χ0v) is 13.4. The standard InChI is InChI=1S/C16H25NO4/c1-16(2,3)13(18)9-10-17-15(19)14-11(20-4)7-6-8-12(14)21-5/h6-8,13,18H,9-10H2,1-5H3,(H,17,19). The summed E-state index contributed by atoms with van der Waals surface area (Å²) in [5.74, 6) is 0.650. The molecule has 0 fully saturated rings. The highest BCUT2D eigenvalue weighted by atomic mass is 16.5. The first-order valence-corrected chi connectivity index (χ1v) is 6.98. The van der Waals surface area contributed by atoms with Crippen molar-refractivity contribution in [2.75, 3.05) is 20.8 Å². The fourth-order valence-corrected chi connectivity index (χ4v) is 1.92. The van der Waals surface area contributed by atoms with Crippen molar-refractivity contribution in [3.05, 3.63) is 23.8 Å². The van der Waals surface area contributed by atoms with Gasteiger partial charge in [-0.2, -0.15) is 0 Å². The molecule has 1 rings (SSSR count). The van der Waals surface area contributed by atoms with Crippen molar-refractivity contribution in [3.63, 3.8) is 0 Å². The Morgan fingerprint density at radius 3 is 2.19 bits per heavy atom. The number of aliphatic hydroxyl groups excluding tert-OH is 1. The molecule has 0 saturated carbocycles. The molecule has 0 saturated heterocycles. The van der Waals surface area contributed by atoms with E-state index in [9.17, 15) is 9.90 Å². The van der Waals surface area contributed by atoms with Crippen molar-refractivity contribution in [2.24, 2.45) is 5.41 Å².